The summed E-state index contributed by atoms with van der Waals surface area (Å²) in [6.45, 7) is 3.06. The molecular weight excluding hydrogens is 366 g/mol. The van der Waals surface area contributed by atoms with Crippen LogP contribution in [0.4, 0.5) is 0 Å². The van der Waals surface area contributed by atoms with Gasteiger partial charge in [-0.2, -0.15) is 0 Å². The molecule has 0 amide bonds. The van der Waals surface area contributed by atoms with Gasteiger partial charge >= 0.3 is 0 Å². The van der Waals surface area contributed by atoms with E-state index in [0.717, 1.165) is 16.8 Å². The van der Waals surface area contributed by atoms with Crippen LogP contribution >= 0.6 is 38.6 Å². The van der Waals surface area contributed by atoms with Gasteiger partial charge in [0.25, 0.3) is 0 Å². The molecule has 0 aliphatic heterocycles. The van der Waals surface area contributed by atoms with Crippen molar-refractivity contribution < 1.29 is 4.74 Å². The van der Waals surface area contributed by atoms with Crippen molar-refractivity contribution in [1.82, 2.24) is 5.32 Å². The Kier molecular flexibility index (Phi) is 4.64. The third-order valence-electron chi connectivity index (χ3n) is 3.37. The molecule has 21 heavy (non-hydrogen) atoms. The first kappa shape index (κ1) is 15.0. The summed E-state index contributed by atoms with van der Waals surface area (Å²) >= 11 is 7.34. The molecule has 0 saturated carbocycles. The van der Waals surface area contributed by atoms with Crippen LogP contribution < -0.4 is 10.1 Å². The van der Waals surface area contributed by atoms with Gasteiger partial charge in [0.05, 0.1) is 13.2 Å². The van der Waals surface area contributed by atoms with Crippen molar-refractivity contribution >= 4 is 48.0 Å². The molecule has 2 nitrogen and oxygen atoms in total. The van der Waals surface area contributed by atoms with Crippen LogP contribution in [0.15, 0.2) is 40.2 Å². The molecule has 1 aromatic carbocycles. The largest absolute Gasteiger partial charge is 0.497 e. The average Bonchev–Trinajstić information content (AvgIpc) is 3.06. The average molecular weight is 382 g/mol. The predicted molar refractivity (Wildman–Crippen MR) is 95.9 cm³/mol. The number of hydrogen-bond donors (Lipinski definition) is 1. The monoisotopic (exact) mass is 381 g/mol. The molecule has 0 spiro atoms. The molecule has 0 saturated heterocycles. The Morgan fingerprint density at radius 1 is 1.24 bits per heavy atom. The maximum Gasteiger partial charge on any atom is 0.120 e. The lowest BCUT2D eigenvalue weighted by Gasteiger charge is -2.19. The number of nitrogens with one attached hydrogen (secondary N) is 1. The second-order valence-corrected chi connectivity index (χ2v) is 7.59. The zero-order chi connectivity index (χ0) is 14.8. The van der Waals surface area contributed by atoms with E-state index < -0.39 is 0 Å². The third-order valence-corrected chi connectivity index (χ3v) is 6.21. The van der Waals surface area contributed by atoms with Gasteiger partial charge in [0.15, 0.2) is 0 Å². The maximum atomic E-state index is 5.28. The smallest absolute Gasteiger partial charge is 0.120 e. The summed E-state index contributed by atoms with van der Waals surface area (Å²) in [7, 11) is 1.69. The summed E-state index contributed by atoms with van der Waals surface area (Å²) in [6.07, 6.45) is 0. The topological polar surface area (TPSA) is 21.3 Å². The van der Waals surface area contributed by atoms with Crippen molar-refractivity contribution in [3.63, 3.8) is 0 Å². The van der Waals surface area contributed by atoms with E-state index in [2.05, 4.69) is 51.7 Å². The van der Waals surface area contributed by atoms with E-state index in [1.165, 1.54) is 19.8 Å². The second-order valence-electron chi connectivity index (χ2n) is 4.68. The Morgan fingerprint density at radius 2 is 2.10 bits per heavy atom. The molecule has 0 bridgehead atoms. The van der Waals surface area contributed by atoms with Gasteiger partial charge in [-0.25, -0.2) is 0 Å². The standard InChI is InChI=1S/C16H16BrNOS2/c1-3-18-16(11-5-4-10(19-2)8-12(11)17)15-9-14-13(21-15)6-7-20-14/h4-9,16,18H,3H2,1-2H3. The number of methoxy groups -OCH3 is 1. The lowest BCUT2D eigenvalue weighted by Crippen LogP contribution is -2.21. The summed E-state index contributed by atoms with van der Waals surface area (Å²) in [5, 5.41) is 5.74. The number of halogens is 1. The van der Waals surface area contributed by atoms with E-state index in [-0.39, 0.29) is 6.04 Å². The van der Waals surface area contributed by atoms with Gasteiger partial charge in [0, 0.05) is 18.7 Å². The number of hydrogen-bond acceptors (Lipinski definition) is 4. The Morgan fingerprint density at radius 3 is 2.76 bits per heavy atom. The zero-order valence-electron chi connectivity index (χ0n) is 11.9. The minimum absolute atomic E-state index is 0.208. The van der Waals surface area contributed by atoms with Crippen molar-refractivity contribution in [3.05, 3.63) is 50.6 Å². The number of rotatable bonds is 5. The number of ether oxygens (including phenoxy) is 1. The van der Waals surface area contributed by atoms with E-state index in [1.807, 2.05) is 23.5 Å². The second kappa shape index (κ2) is 6.48. The number of fused-ring (bicyclic) bond motifs is 1. The molecule has 3 aromatic rings. The van der Waals surface area contributed by atoms with Crippen LogP contribution in [0.1, 0.15) is 23.4 Å². The van der Waals surface area contributed by atoms with Crippen LogP contribution in [-0.2, 0) is 0 Å². The van der Waals surface area contributed by atoms with Gasteiger partial charge in [0.1, 0.15) is 5.75 Å². The van der Waals surface area contributed by atoms with Crippen LogP contribution in [-0.4, -0.2) is 13.7 Å². The fourth-order valence-corrected chi connectivity index (χ4v) is 5.16. The first-order valence-corrected chi connectivity index (χ1v) is 9.25. The Labute approximate surface area is 140 Å². The highest BCUT2D eigenvalue weighted by atomic mass is 79.9. The molecule has 1 atom stereocenters. The Balaban J connectivity index is 2.03. The molecular formula is C16H16BrNOS2. The molecule has 1 unspecified atom stereocenters. The molecule has 110 valence electrons. The quantitative estimate of drug-likeness (QED) is 0.635. The SMILES string of the molecule is CCNC(c1cc2sccc2s1)c1ccc(OC)cc1Br. The molecule has 0 aliphatic rings. The van der Waals surface area contributed by atoms with E-state index in [1.54, 1.807) is 18.4 Å². The summed E-state index contributed by atoms with van der Waals surface area (Å²) in [4.78, 5) is 1.35. The van der Waals surface area contributed by atoms with Gasteiger partial charge in [0.2, 0.25) is 0 Å². The minimum Gasteiger partial charge on any atom is -0.497 e. The highest BCUT2D eigenvalue weighted by Gasteiger charge is 2.19. The fraction of sp³-hybridized carbons (Fsp3) is 0.250. The van der Waals surface area contributed by atoms with Crippen LogP contribution in [0.25, 0.3) is 9.40 Å². The van der Waals surface area contributed by atoms with Crippen LogP contribution in [0.3, 0.4) is 0 Å². The molecule has 0 aliphatic carbocycles. The van der Waals surface area contributed by atoms with Gasteiger partial charge in [-0.1, -0.05) is 28.9 Å². The summed E-state index contributed by atoms with van der Waals surface area (Å²) < 4.78 is 9.09. The van der Waals surface area contributed by atoms with Gasteiger partial charge < -0.3 is 10.1 Å². The van der Waals surface area contributed by atoms with E-state index in [4.69, 9.17) is 4.74 Å². The van der Waals surface area contributed by atoms with Crippen molar-refractivity contribution in [2.75, 3.05) is 13.7 Å². The van der Waals surface area contributed by atoms with E-state index >= 15 is 0 Å². The highest BCUT2D eigenvalue weighted by molar-refractivity contribution is 9.10. The number of benzene rings is 1. The third kappa shape index (κ3) is 3.01. The fourth-order valence-electron chi connectivity index (χ4n) is 2.36. The van der Waals surface area contributed by atoms with Crippen LogP contribution in [0.2, 0.25) is 0 Å². The Hall–Kier alpha value is -0.880. The molecule has 0 fully saturated rings. The molecule has 2 heterocycles. The van der Waals surface area contributed by atoms with Gasteiger partial charge in [-0.15, -0.1) is 22.7 Å². The van der Waals surface area contributed by atoms with E-state index in [0.29, 0.717) is 0 Å². The molecule has 2 aromatic heterocycles. The molecule has 1 N–H and O–H groups in total. The predicted octanol–water partition coefficient (Wildman–Crippen LogP) is 5.43. The van der Waals surface area contributed by atoms with Crippen LogP contribution in [0.5, 0.6) is 5.75 Å². The number of thiophene rings is 2. The van der Waals surface area contributed by atoms with Crippen LogP contribution in [0, 0.1) is 0 Å². The Bertz CT molecular complexity index is 721. The highest BCUT2D eigenvalue weighted by Crippen LogP contribution is 2.38. The van der Waals surface area contributed by atoms with Gasteiger partial charge in [-0.05, 0) is 41.8 Å². The lowest BCUT2D eigenvalue weighted by atomic mass is 10.1. The summed E-state index contributed by atoms with van der Waals surface area (Å²) in [6, 6.07) is 10.9. The molecule has 5 heteroatoms. The molecule has 0 radical (unpaired) electrons. The first-order valence-electron chi connectivity index (χ1n) is 6.76. The minimum atomic E-state index is 0.208. The van der Waals surface area contributed by atoms with Crippen molar-refractivity contribution in [2.24, 2.45) is 0 Å². The van der Waals surface area contributed by atoms with Crippen molar-refractivity contribution in [1.29, 1.82) is 0 Å². The zero-order valence-corrected chi connectivity index (χ0v) is 15.1. The van der Waals surface area contributed by atoms with E-state index in [9.17, 15) is 0 Å². The summed E-state index contributed by atoms with van der Waals surface area (Å²) in [5.74, 6) is 0.869. The lowest BCUT2D eigenvalue weighted by molar-refractivity contribution is 0.414. The maximum absolute atomic E-state index is 5.28. The van der Waals surface area contributed by atoms with Crippen molar-refractivity contribution in [2.45, 2.75) is 13.0 Å². The van der Waals surface area contributed by atoms with Crippen molar-refractivity contribution in [3.8, 4) is 5.75 Å². The normalized spacial score (nSPS) is 12.7. The first-order chi connectivity index (χ1) is 10.2. The van der Waals surface area contributed by atoms with Gasteiger partial charge in [-0.3, -0.25) is 0 Å². The summed E-state index contributed by atoms with van der Waals surface area (Å²) in [5.41, 5.74) is 1.24. The molecule has 3 rings (SSSR count).